The highest BCUT2D eigenvalue weighted by Gasteiger charge is 2.21. The molecule has 2 amide bonds. The van der Waals surface area contributed by atoms with Crippen molar-refractivity contribution in [2.24, 2.45) is 0 Å². The molecule has 0 aliphatic carbocycles. The fourth-order valence-electron chi connectivity index (χ4n) is 2.65. The first-order chi connectivity index (χ1) is 12.9. The van der Waals surface area contributed by atoms with Crippen LogP contribution < -0.4 is 10.1 Å². The van der Waals surface area contributed by atoms with Gasteiger partial charge in [-0.25, -0.2) is 0 Å². The number of benzene rings is 2. The topological polar surface area (TPSA) is 58.6 Å². The number of hydrogen-bond donors (Lipinski definition) is 1. The SMILES string of the molecule is CCc1ccccc1NC(=O)CN(C)C(=O)[C@@H](C)Sc1ccc(OC)cc1. The molecule has 0 heterocycles. The number of anilines is 1. The molecule has 0 fully saturated rings. The van der Waals surface area contributed by atoms with Gasteiger partial charge in [0.15, 0.2) is 0 Å². The number of hydrogen-bond acceptors (Lipinski definition) is 4. The Morgan fingerprint density at radius 3 is 2.44 bits per heavy atom. The number of thioether (sulfide) groups is 1. The molecule has 6 heteroatoms. The largest absolute Gasteiger partial charge is 0.497 e. The maximum absolute atomic E-state index is 12.6. The first kappa shape index (κ1) is 20.8. The molecule has 5 nitrogen and oxygen atoms in total. The Hall–Kier alpha value is -2.47. The van der Waals surface area contributed by atoms with Crippen LogP contribution in [0.2, 0.25) is 0 Å². The average molecular weight is 387 g/mol. The number of rotatable bonds is 8. The summed E-state index contributed by atoms with van der Waals surface area (Å²) in [6.45, 7) is 3.90. The monoisotopic (exact) mass is 386 g/mol. The molecule has 0 aromatic heterocycles. The molecule has 0 radical (unpaired) electrons. The smallest absolute Gasteiger partial charge is 0.243 e. The minimum Gasteiger partial charge on any atom is -0.497 e. The van der Waals surface area contributed by atoms with Crippen LogP contribution in [0.15, 0.2) is 53.4 Å². The first-order valence-corrected chi connectivity index (χ1v) is 9.76. The predicted molar refractivity (Wildman–Crippen MR) is 110 cm³/mol. The summed E-state index contributed by atoms with van der Waals surface area (Å²) in [7, 11) is 3.27. The standard InChI is InChI=1S/C21H26N2O3S/c1-5-16-8-6-7-9-19(16)22-20(24)14-23(3)21(25)15(2)27-18-12-10-17(26-4)11-13-18/h6-13,15H,5,14H2,1-4H3,(H,22,24)/t15-/m1/s1. The Morgan fingerprint density at radius 2 is 1.81 bits per heavy atom. The zero-order chi connectivity index (χ0) is 19.8. The number of carbonyl (C=O) groups is 2. The number of likely N-dealkylation sites (N-methyl/N-ethyl adjacent to an activating group) is 1. The van der Waals surface area contributed by atoms with Crippen LogP contribution in [0.5, 0.6) is 5.75 Å². The van der Waals surface area contributed by atoms with Crippen molar-refractivity contribution in [1.82, 2.24) is 4.90 Å². The van der Waals surface area contributed by atoms with E-state index in [-0.39, 0.29) is 23.6 Å². The van der Waals surface area contributed by atoms with Gasteiger partial charge in [-0.15, -0.1) is 11.8 Å². The van der Waals surface area contributed by atoms with Gasteiger partial charge in [0, 0.05) is 17.6 Å². The van der Waals surface area contributed by atoms with E-state index in [2.05, 4.69) is 5.32 Å². The van der Waals surface area contributed by atoms with Crippen molar-refractivity contribution < 1.29 is 14.3 Å². The summed E-state index contributed by atoms with van der Waals surface area (Å²) in [5.74, 6) is 0.489. The Kier molecular flexibility index (Phi) is 7.73. The maximum atomic E-state index is 12.6. The molecule has 1 N–H and O–H groups in total. The molecule has 1 atom stereocenters. The predicted octanol–water partition coefficient (Wildman–Crippen LogP) is 3.84. The Labute approximate surface area is 165 Å². The molecule has 0 saturated carbocycles. The summed E-state index contributed by atoms with van der Waals surface area (Å²) in [5.41, 5.74) is 1.87. The summed E-state index contributed by atoms with van der Waals surface area (Å²) >= 11 is 1.46. The van der Waals surface area contributed by atoms with Gasteiger partial charge in [-0.1, -0.05) is 25.1 Å². The normalized spacial score (nSPS) is 11.6. The molecule has 2 aromatic rings. The van der Waals surface area contributed by atoms with Gasteiger partial charge in [0.2, 0.25) is 11.8 Å². The van der Waals surface area contributed by atoms with Crippen molar-refractivity contribution in [3.63, 3.8) is 0 Å². The fraction of sp³-hybridized carbons (Fsp3) is 0.333. The first-order valence-electron chi connectivity index (χ1n) is 8.88. The number of carbonyl (C=O) groups excluding carboxylic acids is 2. The molecule has 2 aromatic carbocycles. The summed E-state index contributed by atoms with van der Waals surface area (Å²) in [6.07, 6.45) is 0.834. The van der Waals surface area contributed by atoms with Crippen LogP contribution in [-0.2, 0) is 16.0 Å². The molecular formula is C21H26N2O3S. The lowest BCUT2D eigenvalue weighted by molar-refractivity contribution is -0.132. The Bertz CT molecular complexity index is 777. The Morgan fingerprint density at radius 1 is 1.15 bits per heavy atom. The zero-order valence-corrected chi connectivity index (χ0v) is 17.0. The average Bonchev–Trinajstić information content (AvgIpc) is 2.68. The molecule has 0 saturated heterocycles. The van der Waals surface area contributed by atoms with Gasteiger partial charge in [0.05, 0.1) is 18.9 Å². The van der Waals surface area contributed by atoms with Crippen molar-refractivity contribution in [2.45, 2.75) is 30.4 Å². The van der Waals surface area contributed by atoms with E-state index in [4.69, 9.17) is 4.74 Å². The molecule has 0 spiro atoms. The summed E-state index contributed by atoms with van der Waals surface area (Å²) < 4.78 is 5.14. The number of ether oxygens (including phenoxy) is 1. The lowest BCUT2D eigenvalue weighted by Gasteiger charge is -2.21. The fourth-order valence-corrected chi connectivity index (χ4v) is 3.64. The van der Waals surface area contributed by atoms with Crippen molar-refractivity contribution >= 4 is 29.3 Å². The van der Waals surface area contributed by atoms with Gasteiger partial charge >= 0.3 is 0 Å². The van der Waals surface area contributed by atoms with Gasteiger partial charge in [0.1, 0.15) is 5.75 Å². The van der Waals surface area contributed by atoms with Crippen LogP contribution in [0.4, 0.5) is 5.69 Å². The van der Waals surface area contributed by atoms with Crippen LogP contribution in [-0.4, -0.2) is 42.7 Å². The van der Waals surface area contributed by atoms with Gasteiger partial charge in [-0.2, -0.15) is 0 Å². The van der Waals surface area contributed by atoms with Crippen LogP contribution in [0.3, 0.4) is 0 Å². The number of para-hydroxylation sites is 1. The van der Waals surface area contributed by atoms with Crippen LogP contribution in [0.25, 0.3) is 0 Å². The molecule has 2 rings (SSSR count). The van der Waals surface area contributed by atoms with Crippen LogP contribution in [0, 0.1) is 0 Å². The van der Waals surface area contributed by atoms with Crippen LogP contribution in [0.1, 0.15) is 19.4 Å². The van der Waals surface area contributed by atoms with Crippen molar-refractivity contribution in [3.05, 3.63) is 54.1 Å². The van der Waals surface area contributed by atoms with Gasteiger partial charge < -0.3 is 15.0 Å². The number of nitrogens with one attached hydrogen (secondary N) is 1. The molecular weight excluding hydrogens is 360 g/mol. The van der Waals surface area contributed by atoms with E-state index in [0.717, 1.165) is 28.3 Å². The minimum atomic E-state index is -0.292. The van der Waals surface area contributed by atoms with Crippen molar-refractivity contribution in [2.75, 3.05) is 26.0 Å². The molecule has 0 unspecified atom stereocenters. The van der Waals surface area contributed by atoms with Crippen LogP contribution >= 0.6 is 11.8 Å². The van der Waals surface area contributed by atoms with Gasteiger partial charge in [0.25, 0.3) is 0 Å². The highest BCUT2D eigenvalue weighted by molar-refractivity contribution is 8.00. The third-order valence-corrected chi connectivity index (χ3v) is 5.25. The third kappa shape index (κ3) is 6.03. The number of nitrogens with zero attached hydrogens (tertiary/aromatic N) is 1. The quantitative estimate of drug-likeness (QED) is 0.701. The highest BCUT2D eigenvalue weighted by atomic mass is 32.2. The number of amides is 2. The lowest BCUT2D eigenvalue weighted by atomic mass is 10.1. The molecule has 27 heavy (non-hydrogen) atoms. The van der Waals surface area contributed by atoms with E-state index in [1.807, 2.05) is 62.4 Å². The van der Waals surface area contributed by atoms with E-state index >= 15 is 0 Å². The van der Waals surface area contributed by atoms with Crippen molar-refractivity contribution in [3.8, 4) is 5.75 Å². The molecule has 0 aliphatic heterocycles. The summed E-state index contributed by atoms with van der Waals surface area (Å²) in [4.78, 5) is 27.3. The molecule has 0 aliphatic rings. The number of methoxy groups -OCH3 is 1. The summed E-state index contributed by atoms with van der Waals surface area (Å²) in [6, 6.07) is 15.3. The maximum Gasteiger partial charge on any atom is 0.243 e. The zero-order valence-electron chi connectivity index (χ0n) is 16.2. The summed E-state index contributed by atoms with van der Waals surface area (Å²) in [5, 5.41) is 2.60. The van der Waals surface area contributed by atoms with Gasteiger partial charge in [-0.3, -0.25) is 9.59 Å². The van der Waals surface area contributed by atoms with E-state index in [9.17, 15) is 9.59 Å². The van der Waals surface area contributed by atoms with E-state index < -0.39 is 0 Å². The van der Waals surface area contributed by atoms with E-state index in [1.165, 1.54) is 16.7 Å². The van der Waals surface area contributed by atoms with Gasteiger partial charge in [-0.05, 0) is 49.2 Å². The Balaban J connectivity index is 1.90. The van der Waals surface area contributed by atoms with E-state index in [0.29, 0.717) is 0 Å². The second kappa shape index (κ2) is 10.0. The second-order valence-electron chi connectivity index (χ2n) is 6.19. The second-order valence-corrected chi connectivity index (χ2v) is 7.60. The lowest BCUT2D eigenvalue weighted by Crippen LogP contribution is -2.39. The minimum absolute atomic E-state index is 0.0182. The van der Waals surface area contributed by atoms with E-state index in [1.54, 1.807) is 14.2 Å². The van der Waals surface area contributed by atoms with Crippen molar-refractivity contribution in [1.29, 1.82) is 0 Å². The highest BCUT2D eigenvalue weighted by Crippen LogP contribution is 2.26. The molecule has 144 valence electrons. The number of aryl methyl sites for hydroxylation is 1. The third-order valence-electron chi connectivity index (χ3n) is 4.15. The molecule has 0 bridgehead atoms.